The molecule has 0 radical (unpaired) electrons. The number of rotatable bonds is 6. The van der Waals surface area contributed by atoms with Gasteiger partial charge in [0.05, 0.1) is 12.7 Å². The fourth-order valence-electron chi connectivity index (χ4n) is 4.12. The minimum atomic E-state index is -5.08. The highest BCUT2D eigenvalue weighted by Crippen LogP contribution is 2.42. The van der Waals surface area contributed by atoms with Gasteiger partial charge in [-0.2, -0.15) is 13.2 Å². The number of ether oxygens (including phenoxy) is 3. The molecule has 1 aromatic rings. The third-order valence-corrected chi connectivity index (χ3v) is 5.76. The van der Waals surface area contributed by atoms with Crippen LogP contribution in [-0.2, 0) is 20.8 Å². The molecule has 1 spiro atoms. The molecule has 2 saturated heterocycles. The lowest BCUT2D eigenvalue weighted by Crippen LogP contribution is -2.47. The lowest BCUT2D eigenvalue weighted by Gasteiger charge is -2.42. The number of benzene rings is 1. The van der Waals surface area contributed by atoms with Gasteiger partial charge in [0.1, 0.15) is 5.75 Å². The van der Waals surface area contributed by atoms with Gasteiger partial charge in [0.15, 0.2) is 0 Å². The molecule has 1 atom stereocenters. The predicted octanol–water partition coefficient (Wildman–Crippen LogP) is 3.74. The maximum Gasteiger partial charge on any atom is 0.490 e. The molecule has 1 aromatic carbocycles. The van der Waals surface area contributed by atoms with Gasteiger partial charge in [-0.1, -0.05) is 12.1 Å². The Balaban J connectivity index is 0.000000396. The molecule has 0 saturated carbocycles. The second-order valence-electron chi connectivity index (χ2n) is 7.61. The van der Waals surface area contributed by atoms with E-state index in [-0.39, 0.29) is 5.60 Å². The van der Waals surface area contributed by atoms with E-state index < -0.39 is 12.1 Å². The maximum absolute atomic E-state index is 10.6. The number of hydrogen-bond donors (Lipinski definition) is 1. The zero-order chi connectivity index (χ0) is 22.2. The van der Waals surface area contributed by atoms with Gasteiger partial charge in [0, 0.05) is 40.0 Å². The maximum atomic E-state index is 10.6. The smallest absolute Gasteiger partial charge is 0.490 e. The monoisotopic (exact) mass is 433 g/mol. The molecule has 0 amide bonds. The van der Waals surface area contributed by atoms with Crippen LogP contribution < -0.4 is 4.74 Å². The highest BCUT2D eigenvalue weighted by molar-refractivity contribution is 5.73. The van der Waals surface area contributed by atoms with Crippen molar-refractivity contribution in [1.82, 2.24) is 4.90 Å². The van der Waals surface area contributed by atoms with E-state index in [0.717, 1.165) is 57.9 Å². The number of carbonyl (C=O) groups is 1. The summed E-state index contributed by atoms with van der Waals surface area (Å²) in [7, 11) is 3.51. The number of methoxy groups -OCH3 is 2. The van der Waals surface area contributed by atoms with E-state index >= 15 is 0 Å². The molecule has 2 aliphatic rings. The first-order chi connectivity index (χ1) is 14.2. The topological polar surface area (TPSA) is 68.2 Å². The van der Waals surface area contributed by atoms with Gasteiger partial charge in [-0.25, -0.2) is 4.79 Å². The first kappa shape index (κ1) is 24.4. The number of piperidine rings is 1. The van der Waals surface area contributed by atoms with Gasteiger partial charge in [-0.3, -0.25) is 4.90 Å². The van der Waals surface area contributed by atoms with E-state index in [1.807, 2.05) is 6.07 Å². The highest BCUT2D eigenvalue weighted by Gasteiger charge is 2.45. The Morgan fingerprint density at radius 1 is 1.30 bits per heavy atom. The number of likely N-dealkylation sites (tertiary alicyclic amines) is 1. The molecular formula is C21H30F3NO5. The number of carboxylic acids is 1. The average Bonchev–Trinajstić information content (AvgIpc) is 3.10. The van der Waals surface area contributed by atoms with Crippen LogP contribution in [0.1, 0.15) is 31.2 Å². The standard InChI is InChI=1S/C19H29NO3.C2HF3O2/c1-21-12-6-17-7-13-23-19(17)8-10-20(11-9-19)15-16-4-3-5-18(14-16)22-2;3-2(4,5)1(6)7/h3-5,14,17H,6-13,15H2,1-2H3;(H,6,7). The van der Waals surface area contributed by atoms with Crippen molar-refractivity contribution in [2.45, 2.75) is 44.0 Å². The molecule has 30 heavy (non-hydrogen) atoms. The summed E-state index contributed by atoms with van der Waals surface area (Å²) in [5, 5.41) is 7.12. The van der Waals surface area contributed by atoms with Crippen molar-refractivity contribution in [3.63, 3.8) is 0 Å². The Kier molecular flexibility index (Phi) is 8.93. The SMILES string of the molecule is COCCC1CCOC12CCN(Cc1cccc(OC)c1)CC2.O=C(O)C(F)(F)F. The van der Waals surface area contributed by atoms with Crippen LogP contribution in [0, 0.1) is 5.92 Å². The van der Waals surface area contributed by atoms with Crippen LogP contribution >= 0.6 is 0 Å². The van der Waals surface area contributed by atoms with E-state index in [1.165, 1.54) is 12.0 Å². The molecule has 170 valence electrons. The van der Waals surface area contributed by atoms with Crippen LogP contribution in [0.3, 0.4) is 0 Å². The van der Waals surface area contributed by atoms with Crippen LogP contribution in [0.2, 0.25) is 0 Å². The zero-order valence-corrected chi connectivity index (χ0v) is 17.4. The van der Waals surface area contributed by atoms with Gasteiger partial charge < -0.3 is 19.3 Å². The summed E-state index contributed by atoms with van der Waals surface area (Å²) in [5.41, 5.74) is 1.44. The lowest BCUT2D eigenvalue weighted by atomic mass is 9.78. The Morgan fingerprint density at radius 2 is 1.97 bits per heavy atom. The first-order valence-corrected chi connectivity index (χ1v) is 9.98. The van der Waals surface area contributed by atoms with Crippen LogP contribution in [-0.4, -0.2) is 68.3 Å². The molecule has 0 aromatic heterocycles. The molecular weight excluding hydrogens is 403 g/mol. The molecule has 9 heteroatoms. The Hall–Kier alpha value is -1.84. The normalized spacial score (nSPS) is 21.2. The van der Waals surface area contributed by atoms with E-state index in [1.54, 1.807) is 14.2 Å². The Bertz CT molecular complexity index is 675. The zero-order valence-electron chi connectivity index (χ0n) is 17.4. The second kappa shape index (κ2) is 11.0. The third-order valence-electron chi connectivity index (χ3n) is 5.76. The summed E-state index contributed by atoms with van der Waals surface area (Å²) in [6.07, 6.45) is -0.470. The summed E-state index contributed by atoms with van der Waals surface area (Å²) in [4.78, 5) is 11.4. The third kappa shape index (κ3) is 6.85. The predicted molar refractivity (Wildman–Crippen MR) is 104 cm³/mol. The van der Waals surface area contributed by atoms with E-state index in [2.05, 4.69) is 23.1 Å². The molecule has 3 rings (SSSR count). The van der Waals surface area contributed by atoms with Crippen LogP contribution in [0.5, 0.6) is 5.75 Å². The van der Waals surface area contributed by atoms with Crippen molar-refractivity contribution < 1.29 is 37.3 Å². The number of aliphatic carboxylic acids is 1. The highest BCUT2D eigenvalue weighted by atomic mass is 19.4. The van der Waals surface area contributed by atoms with Gasteiger partial charge in [0.25, 0.3) is 0 Å². The fourth-order valence-corrected chi connectivity index (χ4v) is 4.12. The van der Waals surface area contributed by atoms with Crippen molar-refractivity contribution in [3.8, 4) is 5.75 Å². The van der Waals surface area contributed by atoms with Crippen molar-refractivity contribution in [1.29, 1.82) is 0 Å². The number of halogens is 3. The molecule has 6 nitrogen and oxygen atoms in total. The summed E-state index contributed by atoms with van der Waals surface area (Å²) >= 11 is 0. The van der Waals surface area contributed by atoms with E-state index in [9.17, 15) is 13.2 Å². The first-order valence-electron chi connectivity index (χ1n) is 9.98. The van der Waals surface area contributed by atoms with Crippen LogP contribution in [0.15, 0.2) is 24.3 Å². The van der Waals surface area contributed by atoms with Crippen LogP contribution in [0.4, 0.5) is 13.2 Å². The summed E-state index contributed by atoms with van der Waals surface area (Å²) < 4.78 is 48.6. The molecule has 2 heterocycles. The molecule has 1 unspecified atom stereocenters. The number of hydrogen-bond acceptors (Lipinski definition) is 5. The second-order valence-corrected chi connectivity index (χ2v) is 7.61. The molecule has 2 aliphatic heterocycles. The number of carboxylic acid groups (broad SMARTS) is 1. The van der Waals surface area contributed by atoms with E-state index in [0.29, 0.717) is 5.92 Å². The summed E-state index contributed by atoms with van der Waals surface area (Å²) in [6.45, 7) is 4.99. The summed E-state index contributed by atoms with van der Waals surface area (Å²) in [5.74, 6) is -1.15. The van der Waals surface area contributed by atoms with Gasteiger partial charge in [-0.05, 0) is 49.3 Å². The molecule has 0 aliphatic carbocycles. The van der Waals surface area contributed by atoms with Crippen molar-refractivity contribution >= 4 is 5.97 Å². The van der Waals surface area contributed by atoms with Gasteiger partial charge in [0.2, 0.25) is 0 Å². The molecule has 2 fully saturated rings. The number of nitrogens with zero attached hydrogens (tertiary/aromatic N) is 1. The molecule has 1 N–H and O–H groups in total. The van der Waals surface area contributed by atoms with Gasteiger partial charge in [-0.15, -0.1) is 0 Å². The van der Waals surface area contributed by atoms with Crippen molar-refractivity contribution in [3.05, 3.63) is 29.8 Å². The average molecular weight is 433 g/mol. The summed E-state index contributed by atoms with van der Waals surface area (Å²) in [6, 6.07) is 8.39. The fraction of sp³-hybridized carbons (Fsp3) is 0.667. The van der Waals surface area contributed by atoms with E-state index in [4.69, 9.17) is 24.1 Å². The van der Waals surface area contributed by atoms with Crippen molar-refractivity contribution in [2.75, 3.05) is 40.5 Å². The largest absolute Gasteiger partial charge is 0.497 e. The molecule has 0 bridgehead atoms. The quantitative estimate of drug-likeness (QED) is 0.737. The minimum absolute atomic E-state index is 0.114. The lowest BCUT2D eigenvalue weighted by molar-refractivity contribution is -0.192. The van der Waals surface area contributed by atoms with Crippen molar-refractivity contribution in [2.24, 2.45) is 5.92 Å². The minimum Gasteiger partial charge on any atom is -0.497 e. The number of alkyl halides is 3. The Labute approximate surface area is 174 Å². The van der Waals surface area contributed by atoms with Gasteiger partial charge >= 0.3 is 12.1 Å². The Morgan fingerprint density at radius 3 is 2.53 bits per heavy atom. The van der Waals surface area contributed by atoms with Crippen LogP contribution in [0.25, 0.3) is 0 Å².